The number of amides is 1. The number of sulfonamides is 1. The molecule has 0 saturated carbocycles. The minimum atomic E-state index is -4.76. The summed E-state index contributed by atoms with van der Waals surface area (Å²) in [5, 5.41) is -0.564. The molecule has 0 spiro atoms. The van der Waals surface area contributed by atoms with E-state index in [-0.39, 0.29) is 32.1 Å². The van der Waals surface area contributed by atoms with E-state index in [1.165, 1.54) is 0 Å². The molecular weight excluding hydrogens is 441 g/mol. The van der Waals surface area contributed by atoms with Crippen LogP contribution in [0.4, 0.5) is 13.2 Å². The molecule has 10 heteroatoms. The normalized spacial score (nSPS) is 16.0. The van der Waals surface area contributed by atoms with Gasteiger partial charge in [-0.05, 0) is 49.2 Å². The third-order valence-electron chi connectivity index (χ3n) is 5.24. The Hall–Kier alpha value is -2.10. The summed E-state index contributed by atoms with van der Waals surface area (Å²) < 4.78 is 66.0. The summed E-state index contributed by atoms with van der Waals surface area (Å²) in [6.45, 7) is 4.02. The van der Waals surface area contributed by atoms with Crippen molar-refractivity contribution >= 4 is 27.5 Å². The molecule has 0 aromatic heterocycles. The van der Waals surface area contributed by atoms with Crippen LogP contribution in [-0.4, -0.2) is 49.7 Å². The monoisotopic (exact) mass is 460 g/mol. The lowest BCUT2D eigenvalue weighted by molar-refractivity contribution is -0.137. The maximum absolute atomic E-state index is 13.1. The molecule has 5 nitrogen and oxygen atoms in total. The lowest BCUT2D eigenvalue weighted by Crippen LogP contribution is -2.50. The average molecular weight is 461 g/mol. The van der Waals surface area contributed by atoms with Crippen LogP contribution >= 0.6 is 11.6 Å². The van der Waals surface area contributed by atoms with E-state index in [2.05, 4.69) is 0 Å². The smallest absolute Gasteiger partial charge is 0.336 e. The van der Waals surface area contributed by atoms with Crippen LogP contribution in [0.1, 0.15) is 27.0 Å². The van der Waals surface area contributed by atoms with Crippen molar-refractivity contribution in [2.45, 2.75) is 24.9 Å². The number of nitrogens with zero attached hydrogens (tertiary/aromatic N) is 2. The Bertz CT molecular complexity index is 1080. The summed E-state index contributed by atoms with van der Waals surface area (Å²) in [5.41, 5.74) is 1.19. The number of hydrogen-bond donors (Lipinski definition) is 0. The van der Waals surface area contributed by atoms with Crippen LogP contribution in [0.25, 0.3) is 0 Å². The summed E-state index contributed by atoms with van der Waals surface area (Å²) >= 11 is 5.58. The number of halogens is 4. The first-order valence-corrected chi connectivity index (χ1v) is 11.0. The predicted molar refractivity (Wildman–Crippen MR) is 107 cm³/mol. The van der Waals surface area contributed by atoms with Crippen LogP contribution in [0.3, 0.4) is 0 Å². The van der Waals surface area contributed by atoms with Gasteiger partial charge in [0, 0.05) is 31.7 Å². The van der Waals surface area contributed by atoms with E-state index in [1.54, 1.807) is 17.0 Å². The van der Waals surface area contributed by atoms with E-state index in [0.29, 0.717) is 11.6 Å². The molecule has 1 amide bonds. The second-order valence-corrected chi connectivity index (χ2v) is 9.43. The molecule has 0 radical (unpaired) electrons. The fourth-order valence-corrected chi connectivity index (χ4v) is 4.99. The number of carbonyl (C=O) groups excluding carboxylic acids is 1. The quantitative estimate of drug-likeness (QED) is 0.692. The van der Waals surface area contributed by atoms with Gasteiger partial charge in [0.25, 0.3) is 5.91 Å². The van der Waals surface area contributed by atoms with Gasteiger partial charge >= 0.3 is 6.18 Å². The molecular formula is C20H20ClF3N2O3S. The topological polar surface area (TPSA) is 57.7 Å². The first-order chi connectivity index (χ1) is 13.9. The zero-order valence-corrected chi connectivity index (χ0v) is 17.9. The van der Waals surface area contributed by atoms with Crippen LogP contribution in [0.5, 0.6) is 0 Å². The molecule has 0 atom stereocenters. The van der Waals surface area contributed by atoms with Crippen molar-refractivity contribution in [3.8, 4) is 0 Å². The van der Waals surface area contributed by atoms with Crippen LogP contribution < -0.4 is 0 Å². The lowest BCUT2D eigenvalue weighted by atomic mass is 10.0. The summed E-state index contributed by atoms with van der Waals surface area (Å²) in [7, 11) is -4.15. The molecule has 0 N–H and O–H groups in total. The number of aryl methyl sites for hydroxylation is 1. The Kier molecular flexibility index (Phi) is 6.18. The number of carbonyl (C=O) groups is 1. The molecule has 1 aliphatic rings. The SMILES string of the molecule is Cc1cccc(C(=O)N2CCN(S(=O)(=O)c3ccc(Cl)c(C(F)(F)F)c3)CC2)c1C. The van der Waals surface area contributed by atoms with E-state index in [9.17, 15) is 26.4 Å². The molecule has 0 aliphatic carbocycles. The van der Waals surface area contributed by atoms with Crippen molar-refractivity contribution in [1.29, 1.82) is 0 Å². The number of hydrogen-bond acceptors (Lipinski definition) is 3. The Morgan fingerprint density at radius 1 is 1.03 bits per heavy atom. The van der Waals surface area contributed by atoms with Crippen LogP contribution in [0, 0.1) is 13.8 Å². The molecule has 0 bridgehead atoms. The molecule has 1 heterocycles. The molecule has 1 fully saturated rings. The number of alkyl halides is 3. The Morgan fingerprint density at radius 2 is 1.67 bits per heavy atom. The molecule has 3 rings (SSSR count). The molecule has 30 heavy (non-hydrogen) atoms. The van der Waals surface area contributed by atoms with Crippen molar-refractivity contribution in [2.75, 3.05) is 26.2 Å². The van der Waals surface area contributed by atoms with Gasteiger partial charge in [-0.25, -0.2) is 8.42 Å². The fourth-order valence-electron chi connectivity index (χ4n) is 3.32. The van der Waals surface area contributed by atoms with E-state index >= 15 is 0 Å². The average Bonchev–Trinajstić information content (AvgIpc) is 2.69. The van der Waals surface area contributed by atoms with Gasteiger partial charge in [0.2, 0.25) is 10.0 Å². The van der Waals surface area contributed by atoms with Gasteiger partial charge in [0.1, 0.15) is 0 Å². The van der Waals surface area contributed by atoms with Gasteiger partial charge in [-0.3, -0.25) is 4.79 Å². The van der Waals surface area contributed by atoms with Crippen LogP contribution in [0.2, 0.25) is 5.02 Å². The van der Waals surface area contributed by atoms with Gasteiger partial charge in [-0.2, -0.15) is 17.5 Å². The maximum atomic E-state index is 13.1. The standard InChI is InChI=1S/C20H20ClF3N2O3S/c1-13-4-3-5-16(14(13)2)19(27)25-8-10-26(11-9-25)30(28,29)15-6-7-18(21)17(12-15)20(22,23)24/h3-7,12H,8-11H2,1-2H3. The maximum Gasteiger partial charge on any atom is 0.417 e. The van der Waals surface area contributed by atoms with Crippen molar-refractivity contribution in [3.05, 3.63) is 63.7 Å². The zero-order valence-electron chi connectivity index (χ0n) is 16.3. The van der Waals surface area contributed by atoms with Crippen LogP contribution in [-0.2, 0) is 16.2 Å². The third kappa shape index (κ3) is 4.33. The van der Waals surface area contributed by atoms with Crippen molar-refractivity contribution in [3.63, 3.8) is 0 Å². The molecule has 2 aromatic carbocycles. The van der Waals surface area contributed by atoms with Crippen LogP contribution in [0.15, 0.2) is 41.3 Å². The Labute approximate surface area is 178 Å². The number of benzene rings is 2. The van der Waals surface area contributed by atoms with Gasteiger partial charge in [0.15, 0.2) is 0 Å². The third-order valence-corrected chi connectivity index (χ3v) is 7.47. The fraction of sp³-hybridized carbons (Fsp3) is 0.350. The van der Waals surface area contributed by atoms with E-state index in [1.807, 2.05) is 19.9 Å². The Morgan fingerprint density at radius 3 is 2.27 bits per heavy atom. The predicted octanol–water partition coefficient (Wildman–Crippen LogP) is 4.12. The molecule has 162 valence electrons. The van der Waals surface area contributed by atoms with Crippen molar-refractivity contribution < 1.29 is 26.4 Å². The second-order valence-electron chi connectivity index (χ2n) is 7.08. The zero-order chi connectivity index (χ0) is 22.3. The first kappa shape index (κ1) is 22.6. The summed E-state index contributed by atoms with van der Waals surface area (Å²) in [4.78, 5) is 13.9. The molecule has 1 aliphatic heterocycles. The largest absolute Gasteiger partial charge is 0.417 e. The summed E-state index contributed by atoms with van der Waals surface area (Å²) in [6, 6.07) is 7.94. The molecule has 2 aromatic rings. The van der Waals surface area contributed by atoms with E-state index in [0.717, 1.165) is 27.6 Å². The highest BCUT2D eigenvalue weighted by atomic mass is 35.5. The summed E-state index contributed by atoms with van der Waals surface area (Å²) in [5.74, 6) is -0.195. The molecule has 1 saturated heterocycles. The van der Waals surface area contributed by atoms with E-state index in [4.69, 9.17) is 11.6 Å². The Balaban J connectivity index is 1.77. The lowest BCUT2D eigenvalue weighted by Gasteiger charge is -2.34. The van der Waals surface area contributed by atoms with E-state index < -0.39 is 31.7 Å². The van der Waals surface area contributed by atoms with Gasteiger partial charge in [-0.1, -0.05) is 23.7 Å². The minimum absolute atomic E-state index is 0.0110. The second kappa shape index (κ2) is 8.20. The number of rotatable bonds is 3. The minimum Gasteiger partial charge on any atom is -0.336 e. The van der Waals surface area contributed by atoms with Gasteiger partial charge < -0.3 is 4.90 Å². The van der Waals surface area contributed by atoms with Gasteiger partial charge in [0.05, 0.1) is 15.5 Å². The molecule has 0 unspecified atom stereocenters. The highest BCUT2D eigenvalue weighted by Gasteiger charge is 2.36. The first-order valence-electron chi connectivity index (χ1n) is 9.15. The number of piperazine rings is 1. The van der Waals surface area contributed by atoms with Crippen molar-refractivity contribution in [2.24, 2.45) is 0 Å². The highest BCUT2D eigenvalue weighted by molar-refractivity contribution is 7.89. The van der Waals surface area contributed by atoms with Gasteiger partial charge in [-0.15, -0.1) is 0 Å². The van der Waals surface area contributed by atoms with Crippen molar-refractivity contribution in [1.82, 2.24) is 9.21 Å². The summed E-state index contributed by atoms with van der Waals surface area (Å²) in [6.07, 6.45) is -4.76. The highest BCUT2D eigenvalue weighted by Crippen LogP contribution is 2.36.